The van der Waals surface area contributed by atoms with Crippen LogP contribution in [0.2, 0.25) is 0 Å². The van der Waals surface area contributed by atoms with Crippen LogP contribution in [0.3, 0.4) is 0 Å². The molecule has 0 aliphatic rings. The van der Waals surface area contributed by atoms with Gasteiger partial charge in [-0.3, -0.25) is 14.9 Å². The summed E-state index contributed by atoms with van der Waals surface area (Å²) in [7, 11) is 0. The van der Waals surface area contributed by atoms with E-state index in [9.17, 15) is 14.9 Å². The number of carbonyl (C=O) groups excluding carboxylic acids is 1. The lowest BCUT2D eigenvalue weighted by atomic mass is 10.2. The first-order valence-electron chi connectivity index (χ1n) is 7.54. The molecule has 1 aromatic heterocycles. The first-order valence-corrected chi connectivity index (χ1v) is 9.32. The second kappa shape index (κ2) is 7.79. The minimum absolute atomic E-state index is 0.0489. The molecule has 2 aromatic carbocycles. The normalized spacial score (nSPS) is 10.7. The van der Waals surface area contributed by atoms with E-state index in [1.54, 1.807) is 0 Å². The minimum atomic E-state index is -0.491. The molecule has 0 atom stereocenters. The molecule has 7 nitrogen and oxygen atoms in total. The van der Waals surface area contributed by atoms with Crippen molar-refractivity contribution in [3.05, 3.63) is 62.9 Å². The Bertz CT molecular complexity index is 1010. The van der Waals surface area contributed by atoms with Crippen molar-refractivity contribution in [1.29, 1.82) is 0 Å². The summed E-state index contributed by atoms with van der Waals surface area (Å²) in [5.74, 6) is 0.568. The number of hydrogen-bond acceptors (Lipinski definition) is 6. The Hall–Kier alpha value is -2.52. The Labute approximate surface area is 161 Å². The fourth-order valence-corrected chi connectivity index (χ4v) is 3.64. The summed E-state index contributed by atoms with van der Waals surface area (Å²) in [6.45, 7) is 1.81. The Morgan fingerprint density at radius 1 is 1.27 bits per heavy atom. The van der Waals surface area contributed by atoms with Gasteiger partial charge in [-0.2, -0.15) is 0 Å². The fourth-order valence-electron chi connectivity index (χ4n) is 2.31. The van der Waals surface area contributed by atoms with Gasteiger partial charge in [-0.15, -0.1) is 0 Å². The molecule has 1 heterocycles. The van der Waals surface area contributed by atoms with Gasteiger partial charge in [-0.25, -0.2) is 9.97 Å². The number of nitro groups is 1. The van der Waals surface area contributed by atoms with Crippen LogP contribution in [-0.4, -0.2) is 26.6 Å². The van der Waals surface area contributed by atoms with Gasteiger partial charge in [-0.05, 0) is 35.0 Å². The van der Waals surface area contributed by atoms with Crippen molar-refractivity contribution in [2.45, 2.75) is 11.9 Å². The van der Waals surface area contributed by atoms with Gasteiger partial charge < -0.3 is 5.32 Å². The number of halogens is 1. The molecule has 9 heteroatoms. The van der Waals surface area contributed by atoms with E-state index < -0.39 is 4.92 Å². The van der Waals surface area contributed by atoms with Crippen LogP contribution in [0.1, 0.15) is 5.82 Å². The summed E-state index contributed by atoms with van der Waals surface area (Å²) in [6.07, 6.45) is 0. The third-order valence-electron chi connectivity index (χ3n) is 3.46. The molecular weight excluding hydrogens is 420 g/mol. The highest BCUT2D eigenvalue weighted by atomic mass is 79.9. The van der Waals surface area contributed by atoms with Crippen LogP contribution >= 0.6 is 27.7 Å². The number of carbonyl (C=O) groups is 1. The number of fused-ring (bicyclic) bond motifs is 1. The predicted octanol–water partition coefficient (Wildman–Crippen LogP) is 4.34. The number of nitrogens with one attached hydrogen (secondary N) is 1. The third kappa shape index (κ3) is 4.17. The smallest absolute Gasteiger partial charge is 0.270 e. The highest BCUT2D eigenvalue weighted by Gasteiger charge is 2.13. The number of thioether (sulfide) groups is 1. The monoisotopic (exact) mass is 432 g/mol. The largest absolute Gasteiger partial charge is 0.324 e. The Morgan fingerprint density at radius 2 is 2.04 bits per heavy atom. The van der Waals surface area contributed by atoms with Crippen molar-refractivity contribution >= 4 is 55.9 Å². The SMILES string of the molecule is Cc1nc(SCC(=O)Nc2ccc([N+](=O)[O-])cc2Br)c2ccccc2n1. The molecule has 1 amide bonds. The maximum atomic E-state index is 12.2. The lowest BCUT2D eigenvalue weighted by Crippen LogP contribution is -2.14. The molecule has 3 rings (SSSR count). The Kier molecular flexibility index (Phi) is 5.48. The lowest BCUT2D eigenvalue weighted by molar-refractivity contribution is -0.384. The van der Waals surface area contributed by atoms with Gasteiger partial charge in [0.15, 0.2) is 0 Å². The summed E-state index contributed by atoms with van der Waals surface area (Å²) >= 11 is 4.55. The second-order valence-corrected chi connectivity index (χ2v) is 7.17. The van der Waals surface area contributed by atoms with Crippen LogP contribution in [0.5, 0.6) is 0 Å². The predicted molar refractivity (Wildman–Crippen MR) is 104 cm³/mol. The summed E-state index contributed by atoms with van der Waals surface area (Å²) in [5, 5.41) is 15.1. The number of benzene rings is 2. The van der Waals surface area contributed by atoms with Crippen LogP contribution < -0.4 is 5.32 Å². The molecule has 0 saturated heterocycles. The van der Waals surface area contributed by atoms with E-state index >= 15 is 0 Å². The number of anilines is 1. The van der Waals surface area contributed by atoms with Gasteiger partial charge in [0.2, 0.25) is 5.91 Å². The highest BCUT2D eigenvalue weighted by Crippen LogP contribution is 2.28. The molecular formula is C17H13BrN4O3S. The van der Waals surface area contributed by atoms with E-state index in [0.29, 0.717) is 16.0 Å². The topological polar surface area (TPSA) is 98.0 Å². The van der Waals surface area contributed by atoms with E-state index in [1.807, 2.05) is 31.2 Å². The minimum Gasteiger partial charge on any atom is -0.324 e. The van der Waals surface area contributed by atoms with Crippen LogP contribution in [0.4, 0.5) is 11.4 Å². The molecule has 0 bridgehead atoms. The van der Waals surface area contributed by atoms with Gasteiger partial charge in [0, 0.05) is 22.0 Å². The average molecular weight is 433 g/mol. The van der Waals surface area contributed by atoms with Crippen LogP contribution in [0, 0.1) is 17.0 Å². The summed E-state index contributed by atoms with van der Waals surface area (Å²) in [5.41, 5.74) is 1.26. The molecule has 0 aliphatic heterocycles. The first-order chi connectivity index (χ1) is 12.4. The molecule has 0 radical (unpaired) electrons. The number of non-ortho nitro benzene ring substituents is 1. The lowest BCUT2D eigenvalue weighted by Gasteiger charge is -2.08. The number of nitro benzene ring substituents is 1. The quantitative estimate of drug-likeness (QED) is 0.278. The number of amides is 1. The Morgan fingerprint density at radius 3 is 2.77 bits per heavy atom. The molecule has 26 heavy (non-hydrogen) atoms. The number of nitrogens with zero attached hydrogens (tertiary/aromatic N) is 3. The number of aromatic nitrogens is 2. The van der Waals surface area contributed by atoms with Gasteiger partial charge in [0.25, 0.3) is 5.69 Å². The van der Waals surface area contributed by atoms with E-state index in [2.05, 4.69) is 31.2 Å². The standard InChI is InChI=1S/C17H13BrN4O3S/c1-10-19-14-5-3-2-4-12(14)17(20-10)26-9-16(23)21-15-7-6-11(22(24)25)8-13(15)18/h2-8H,9H2,1H3,(H,21,23). The summed E-state index contributed by atoms with van der Waals surface area (Å²) in [4.78, 5) is 31.3. The zero-order chi connectivity index (χ0) is 18.7. The number of rotatable bonds is 5. The molecule has 3 aromatic rings. The molecule has 1 N–H and O–H groups in total. The van der Waals surface area contributed by atoms with Crippen molar-refractivity contribution in [2.75, 3.05) is 11.1 Å². The van der Waals surface area contributed by atoms with Crippen molar-refractivity contribution in [3.8, 4) is 0 Å². The van der Waals surface area contributed by atoms with Crippen LogP contribution in [0.25, 0.3) is 10.9 Å². The highest BCUT2D eigenvalue weighted by molar-refractivity contribution is 9.10. The van der Waals surface area contributed by atoms with Crippen molar-refractivity contribution in [3.63, 3.8) is 0 Å². The van der Waals surface area contributed by atoms with Gasteiger partial charge in [0.05, 0.1) is 21.9 Å². The van der Waals surface area contributed by atoms with E-state index in [1.165, 1.54) is 30.0 Å². The zero-order valence-corrected chi connectivity index (χ0v) is 16.0. The third-order valence-corrected chi connectivity index (χ3v) is 5.10. The number of hydrogen-bond donors (Lipinski definition) is 1. The maximum Gasteiger partial charge on any atom is 0.270 e. The first kappa shape index (κ1) is 18.3. The van der Waals surface area contributed by atoms with Crippen molar-refractivity contribution in [1.82, 2.24) is 9.97 Å². The maximum absolute atomic E-state index is 12.2. The Balaban J connectivity index is 1.71. The van der Waals surface area contributed by atoms with Crippen molar-refractivity contribution in [2.24, 2.45) is 0 Å². The van der Waals surface area contributed by atoms with E-state index in [-0.39, 0.29) is 17.3 Å². The van der Waals surface area contributed by atoms with E-state index in [4.69, 9.17) is 0 Å². The number of para-hydroxylation sites is 1. The summed E-state index contributed by atoms with van der Waals surface area (Å²) < 4.78 is 0.452. The molecule has 0 unspecified atom stereocenters. The molecule has 0 fully saturated rings. The second-order valence-electron chi connectivity index (χ2n) is 5.35. The van der Waals surface area contributed by atoms with Crippen LogP contribution in [0.15, 0.2) is 52.0 Å². The van der Waals surface area contributed by atoms with Crippen molar-refractivity contribution < 1.29 is 9.72 Å². The molecule has 0 spiro atoms. The molecule has 0 aliphatic carbocycles. The molecule has 132 valence electrons. The zero-order valence-electron chi connectivity index (χ0n) is 13.6. The van der Waals surface area contributed by atoms with Gasteiger partial charge in [-0.1, -0.05) is 30.0 Å². The average Bonchev–Trinajstić information content (AvgIpc) is 2.61. The fraction of sp³-hybridized carbons (Fsp3) is 0.118. The molecule has 0 saturated carbocycles. The van der Waals surface area contributed by atoms with Crippen LogP contribution in [-0.2, 0) is 4.79 Å². The van der Waals surface area contributed by atoms with E-state index in [0.717, 1.165) is 15.9 Å². The number of aryl methyl sites for hydroxylation is 1. The summed E-state index contributed by atoms with van der Waals surface area (Å²) in [6, 6.07) is 11.8. The van der Waals surface area contributed by atoms with Gasteiger partial charge >= 0.3 is 0 Å². The van der Waals surface area contributed by atoms with Gasteiger partial charge in [0.1, 0.15) is 10.9 Å².